The Balaban J connectivity index is 0.00000133. The van der Waals surface area contributed by atoms with Crippen molar-refractivity contribution in [2.75, 3.05) is 0 Å². The van der Waals surface area contributed by atoms with E-state index in [0.717, 1.165) is 20.2 Å². The molecule has 0 radical (unpaired) electrons. The fourth-order valence-electron chi connectivity index (χ4n) is 2.18. The van der Waals surface area contributed by atoms with Crippen molar-refractivity contribution >= 4 is 31.5 Å². The van der Waals surface area contributed by atoms with E-state index < -0.39 is 0 Å². The molecule has 2 aromatic carbocycles. The number of hydrogen-bond donors (Lipinski definition) is 1. The molecular weight excluding hydrogens is 254 g/mol. The molecule has 0 bridgehead atoms. The minimum absolute atomic E-state index is 0. The van der Waals surface area contributed by atoms with Gasteiger partial charge in [-0.25, -0.2) is 0 Å². The Kier molecular flexibility index (Phi) is 3.69. The third kappa shape index (κ3) is 2.27. The first kappa shape index (κ1) is 13.7. The van der Waals surface area contributed by atoms with Gasteiger partial charge < -0.3 is 6.15 Å². The second kappa shape index (κ2) is 5.11. The highest BCUT2D eigenvalue weighted by atomic mass is 32.1. The van der Waals surface area contributed by atoms with Crippen LogP contribution in [0.25, 0.3) is 20.2 Å². The van der Waals surface area contributed by atoms with Crippen molar-refractivity contribution in [1.82, 2.24) is 6.15 Å². The van der Waals surface area contributed by atoms with Crippen molar-refractivity contribution in [2.24, 2.45) is 0 Å². The van der Waals surface area contributed by atoms with Gasteiger partial charge in [0.25, 0.3) is 0 Å². The molecule has 98 valence electrons. The molecule has 0 saturated carbocycles. The van der Waals surface area contributed by atoms with Crippen molar-refractivity contribution in [3.8, 4) is 0 Å². The number of benzene rings is 2. The molecule has 1 heterocycles. The molecule has 1 aromatic heterocycles. The van der Waals surface area contributed by atoms with Gasteiger partial charge in [0, 0.05) is 20.2 Å². The molecule has 3 N–H and O–H groups in total. The standard InChI is InChI=1S/C16H14OS.H3N/c1-10(2)11-7-8-15-13(9-11)16(17)12-5-3-4-6-14(12)18-15;/h3-10H,1-2H3;1H3. The maximum absolute atomic E-state index is 12.5. The topological polar surface area (TPSA) is 52.1 Å². The van der Waals surface area contributed by atoms with Crippen LogP contribution in [0, 0.1) is 0 Å². The second-order valence-corrected chi connectivity index (χ2v) is 5.92. The third-order valence-corrected chi connectivity index (χ3v) is 4.42. The predicted octanol–water partition coefficient (Wildman–Crippen LogP) is 4.70. The zero-order chi connectivity index (χ0) is 12.7. The lowest BCUT2D eigenvalue weighted by atomic mass is 10.0. The fraction of sp³-hybridized carbons (Fsp3) is 0.188. The van der Waals surface area contributed by atoms with Crippen LogP contribution in [0.15, 0.2) is 47.3 Å². The summed E-state index contributed by atoms with van der Waals surface area (Å²) >= 11 is 1.69. The van der Waals surface area contributed by atoms with Gasteiger partial charge in [0.1, 0.15) is 0 Å². The van der Waals surface area contributed by atoms with Crippen LogP contribution in [0.2, 0.25) is 0 Å². The van der Waals surface area contributed by atoms with E-state index in [-0.39, 0.29) is 11.6 Å². The van der Waals surface area contributed by atoms with E-state index in [9.17, 15) is 4.79 Å². The van der Waals surface area contributed by atoms with Crippen molar-refractivity contribution in [2.45, 2.75) is 19.8 Å². The van der Waals surface area contributed by atoms with Gasteiger partial charge in [0.15, 0.2) is 5.43 Å². The molecule has 0 spiro atoms. The van der Waals surface area contributed by atoms with Crippen LogP contribution in [0.5, 0.6) is 0 Å². The molecule has 0 saturated heterocycles. The summed E-state index contributed by atoms with van der Waals surface area (Å²) in [5, 5.41) is 1.68. The minimum Gasteiger partial charge on any atom is -0.344 e. The second-order valence-electron chi connectivity index (χ2n) is 4.84. The lowest BCUT2D eigenvalue weighted by Crippen LogP contribution is -2.01. The van der Waals surface area contributed by atoms with Gasteiger partial charge in [-0.3, -0.25) is 4.79 Å². The lowest BCUT2D eigenvalue weighted by Gasteiger charge is -2.07. The van der Waals surface area contributed by atoms with Gasteiger partial charge in [0.2, 0.25) is 0 Å². The van der Waals surface area contributed by atoms with E-state index in [4.69, 9.17) is 0 Å². The van der Waals surface area contributed by atoms with Crippen LogP contribution >= 0.6 is 11.3 Å². The normalized spacial score (nSPS) is 10.9. The van der Waals surface area contributed by atoms with Crippen molar-refractivity contribution in [1.29, 1.82) is 0 Å². The summed E-state index contributed by atoms with van der Waals surface area (Å²) in [6.45, 7) is 4.30. The lowest BCUT2D eigenvalue weighted by molar-refractivity contribution is 0.869. The molecule has 0 fully saturated rings. The Hall–Kier alpha value is -1.71. The fourth-order valence-corrected chi connectivity index (χ4v) is 3.23. The van der Waals surface area contributed by atoms with E-state index in [0.29, 0.717) is 5.92 Å². The third-order valence-electron chi connectivity index (χ3n) is 3.27. The minimum atomic E-state index is 0. The van der Waals surface area contributed by atoms with Crippen LogP contribution in [-0.4, -0.2) is 0 Å². The van der Waals surface area contributed by atoms with Crippen LogP contribution in [0.1, 0.15) is 25.3 Å². The Morgan fingerprint density at radius 2 is 1.63 bits per heavy atom. The average molecular weight is 271 g/mol. The monoisotopic (exact) mass is 271 g/mol. The van der Waals surface area contributed by atoms with Crippen LogP contribution in [0.3, 0.4) is 0 Å². The average Bonchev–Trinajstić information content (AvgIpc) is 2.38. The van der Waals surface area contributed by atoms with Crippen LogP contribution < -0.4 is 11.6 Å². The molecule has 3 rings (SSSR count). The quantitative estimate of drug-likeness (QED) is 0.652. The summed E-state index contributed by atoms with van der Waals surface area (Å²) in [5.74, 6) is 0.449. The zero-order valence-corrected chi connectivity index (χ0v) is 12.0. The van der Waals surface area contributed by atoms with Crippen LogP contribution in [0.4, 0.5) is 0 Å². The molecule has 0 unspecified atom stereocenters. The summed E-state index contributed by atoms with van der Waals surface area (Å²) in [6, 6.07) is 14.1. The van der Waals surface area contributed by atoms with E-state index in [1.807, 2.05) is 30.3 Å². The largest absolute Gasteiger partial charge is 0.344 e. The van der Waals surface area contributed by atoms with Gasteiger partial charge in [-0.05, 0) is 35.7 Å². The summed E-state index contributed by atoms with van der Waals surface area (Å²) < 4.78 is 2.13. The smallest absolute Gasteiger partial charge is 0.195 e. The first-order chi connectivity index (χ1) is 8.66. The summed E-state index contributed by atoms with van der Waals surface area (Å²) in [6.07, 6.45) is 0. The maximum Gasteiger partial charge on any atom is 0.195 e. The summed E-state index contributed by atoms with van der Waals surface area (Å²) in [7, 11) is 0. The first-order valence-corrected chi connectivity index (χ1v) is 6.94. The Morgan fingerprint density at radius 1 is 0.947 bits per heavy atom. The Labute approximate surface area is 116 Å². The molecule has 3 aromatic rings. The summed E-state index contributed by atoms with van der Waals surface area (Å²) in [5.41, 5.74) is 1.38. The maximum atomic E-state index is 12.5. The highest BCUT2D eigenvalue weighted by Crippen LogP contribution is 2.26. The van der Waals surface area contributed by atoms with Gasteiger partial charge in [-0.15, -0.1) is 11.3 Å². The molecule has 0 atom stereocenters. The van der Waals surface area contributed by atoms with E-state index in [1.165, 1.54) is 5.56 Å². The predicted molar refractivity (Wildman–Crippen MR) is 84.7 cm³/mol. The first-order valence-electron chi connectivity index (χ1n) is 6.12. The van der Waals surface area contributed by atoms with Gasteiger partial charge >= 0.3 is 0 Å². The SMILES string of the molecule is CC(C)c1ccc2sc3ccccc3c(=O)c2c1.N. The van der Waals surface area contributed by atoms with Crippen LogP contribution in [-0.2, 0) is 0 Å². The van der Waals surface area contributed by atoms with Gasteiger partial charge in [0.05, 0.1) is 0 Å². The number of rotatable bonds is 1. The number of hydrogen-bond acceptors (Lipinski definition) is 3. The van der Waals surface area contributed by atoms with E-state index >= 15 is 0 Å². The van der Waals surface area contributed by atoms with Gasteiger partial charge in [-0.2, -0.15) is 0 Å². The van der Waals surface area contributed by atoms with Crippen molar-refractivity contribution < 1.29 is 0 Å². The molecule has 3 heteroatoms. The molecule has 0 aliphatic carbocycles. The van der Waals surface area contributed by atoms with Gasteiger partial charge in [-0.1, -0.05) is 32.0 Å². The van der Waals surface area contributed by atoms with Crippen molar-refractivity contribution in [3.63, 3.8) is 0 Å². The molecule has 0 aliphatic heterocycles. The molecular formula is C16H17NOS. The Bertz CT molecular complexity index is 789. The van der Waals surface area contributed by atoms with E-state index in [2.05, 4.69) is 26.0 Å². The zero-order valence-electron chi connectivity index (χ0n) is 11.1. The van der Waals surface area contributed by atoms with E-state index in [1.54, 1.807) is 11.3 Å². The van der Waals surface area contributed by atoms with Crippen molar-refractivity contribution in [3.05, 3.63) is 58.3 Å². The number of fused-ring (bicyclic) bond motifs is 2. The summed E-state index contributed by atoms with van der Waals surface area (Å²) in [4.78, 5) is 12.5. The molecule has 0 amide bonds. The highest BCUT2D eigenvalue weighted by molar-refractivity contribution is 7.24. The molecule has 2 nitrogen and oxygen atoms in total. The highest BCUT2D eigenvalue weighted by Gasteiger charge is 2.07. The Morgan fingerprint density at radius 3 is 2.37 bits per heavy atom. The molecule has 0 aliphatic rings. The molecule has 19 heavy (non-hydrogen) atoms.